The van der Waals surface area contributed by atoms with E-state index in [2.05, 4.69) is 5.32 Å². The van der Waals surface area contributed by atoms with E-state index < -0.39 is 0 Å². The smallest absolute Gasteiger partial charge is 0.165 e. The molecule has 1 aliphatic heterocycles. The summed E-state index contributed by atoms with van der Waals surface area (Å²) in [6.07, 6.45) is 1.52. The highest BCUT2D eigenvalue weighted by Gasteiger charge is 2.15. The van der Waals surface area contributed by atoms with E-state index in [-0.39, 0.29) is 5.78 Å². The lowest BCUT2D eigenvalue weighted by atomic mass is 10.1. The number of anilines is 1. The van der Waals surface area contributed by atoms with Crippen molar-refractivity contribution in [1.82, 2.24) is 0 Å². The van der Waals surface area contributed by atoms with Crippen LogP contribution in [0.1, 0.15) is 23.2 Å². The summed E-state index contributed by atoms with van der Waals surface area (Å²) in [7, 11) is 1.61. The van der Waals surface area contributed by atoms with Crippen molar-refractivity contribution in [3.63, 3.8) is 0 Å². The van der Waals surface area contributed by atoms with Crippen LogP contribution in [0.15, 0.2) is 18.2 Å². The molecular formula is C11H13NO2. The number of nitrogens with one attached hydrogen (secondary N) is 1. The largest absolute Gasteiger partial charge is 0.497 e. The maximum absolute atomic E-state index is 11.7. The molecule has 0 atom stereocenters. The summed E-state index contributed by atoms with van der Waals surface area (Å²) in [6, 6.07) is 5.57. The van der Waals surface area contributed by atoms with Crippen molar-refractivity contribution in [1.29, 1.82) is 0 Å². The zero-order chi connectivity index (χ0) is 9.97. The summed E-state index contributed by atoms with van der Waals surface area (Å²) in [5, 5.41) is 3.23. The number of ketones is 1. The summed E-state index contributed by atoms with van der Waals surface area (Å²) in [5.41, 5.74) is 1.68. The molecule has 0 aliphatic carbocycles. The predicted molar refractivity (Wildman–Crippen MR) is 55.0 cm³/mol. The highest BCUT2D eigenvalue weighted by molar-refractivity contribution is 6.02. The van der Waals surface area contributed by atoms with Crippen LogP contribution in [0, 0.1) is 0 Å². The number of Topliss-reactive ketones (excluding diaryl/α,β-unsaturated/α-hetero) is 1. The van der Waals surface area contributed by atoms with E-state index in [4.69, 9.17) is 4.74 Å². The van der Waals surface area contributed by atoms with Crippen LogP contribution in [0.2, 0.25) is 0 Å². The summed E-state index contributed by atoms with van der Waals surface area (Å²) in [5.74, 6) is 0.935. The van der Waals surface area contributed by atoms with Crippen LogP contribution in [-0.2, 0) is 0 Å². The molecule has 3 nitrogen and oxygen atoms in total. The lowest BCUT2D eigenvalue weighted by Gasteiger charge is -2.07. The van der Waals surface area contributed by atoms with Gasteiger partial charge in [-0.25, -0.2) is 0 Å². The van der Waals surface area contributed by atoms with Gasteiger partial charge in [0.1, 0.15) is 5.75 Å². The fraction of sp³-hybridized carbons (Fsp3) is 0.364. The first-order valence-electron chi connectivity index (χ1n) is 4.76. The molecule has 0 saturated carbocycles. The highest BCUT2D eigenvalue weighted by atomic mass is 16.5. The quantitative estimate of drug-likeness (QED) is 0.738. The number of carbonyl (C=O) groups is 1. The van der Waals surface area contributed by atoms with Crippen molar-refractivity contribution in [3.05, 3.63) is 23.8 Å². The minimum absolute atomic E-state index is 0.198. The second kappa shape index (κ2) is 3.70. The molecule has 1 N–H and O–H groups in total. The number of hydrogen-bond acceptors (Lipinski definition) is 3. The molecule has 0 radical (unpaired) electrons. The van der Waals surface area contributed by atoms with Gasteiger partial charge in [-0.05, 0) is 24.6 Å². The lowest BCUT2D eigenvalue weighted by Crippen LogP contribution is -2.00. The Kier molecular flexibility index (Phi) is 2.39. The van der Waals surface area contributed by atoms with Gasteiger partial charge >= 0.3 is 0 Å². The molecule has 0 saturated heterocycles. The van der Waals surface area contributed by atoms with Gasteiger partial charge in [0.15, 0.2) is 5.78 Å². The first-order valence-corrected chi connectivity index (χ1v) is 4.76. The Morgan fingerprint density at radius 2 is 2.29 bits per heavy atom. The third kappa shape index (κ3) is 1.58. The van der Waals surface area contributed by atoms with Crippen molar-refractivity contribution in [3.8, 4) is 5.75 Å². The zero-order valence-electron chi connectivity index (χ0n) is 8.17. The van der Waals surface area contributed by atoms with E-state index in [1.807, 2.05) is 12.1 Å². The standard InChI is InChI=1S/C11H13NO2/c1-14-8-4-5-10-9(7-8)11(13)3-2-6-12-10/h4-5,7,12H,2-3,6H2,1H3. The average molecular weight is 191 g/mol. The van der Waals surface area contributed by atoms with Gasteiger partial charge in [-0.15, -0.1) is 0 Å². The van der Waals surface area contributed by atoms with Gasteiger partial charge in [0.2, 0.25) is 0 Å². The van der Waals surface area contributed by atoms with Crippen LogP contribution in [0.25, 0.3) is 0 Å². The van der Waals surface area contributed by atoms with E-state index in [0.717, 1.165) is 30.0 Å². The number of carbonyl (C=O) groups excluding carboxylic acids is 1. The lowest BCUT2D eigenvalue weighted by molar-refractivity contribution is 0.0983. The summed E-state index contributed by atoms with van der Waals surface area (Å²) < 4.78 is 5.09. The maximum atomic E-state index is 11.7. The van der Waals surface area contributed by atoms with Gasteiger partial charge in [-0.2, -0.15) is 0 Å². The number of rotatable bonds is 1. The van der Waals surface area contributed by atoms with Crippen LogP contribution in [0.5, 0.6) is 5.75 Å². The molecule has 1 aromatic rings. The fourth-order valence-corrected chi connectivity index (χ4v) is 1.64. The Balaban J connectivity index is 2.44. The number of benzene rings is 1. The van der Waals surface area contributed by atoms with Crippen LogP contribution in [0.3, 0.4) is 0 Å². The van der Waals surface area contributed by atoms with Gasteiger partial charge in [0, 0.05) is 24.2 Å². The van der Waals surface area contributed by atoms with Gasteiger partial charge in [0.05, 0.1) is 7.11 Å². The number of methoxy groups -OCH3 is 1. The number of fused-ring (bicyclic) bond motifs is 1. The SMILES string of the molecule is COc1ccc2c(c1)C(=O)CCCN2. The summed E-state index contributed by atoms with van der Waals surface area (Å²) in [6.45, 7) is 0.866. The van der Waals surface area contributed by atoms with E-state index in [9.17, 15) is 4.79 Å². The monoisotopic (exact) mass is 191 g/mol. The second-order valence-corrected chi connectivity index (χ2v) is 3.37. The molecule has 14 heavy (non-hydrogen) atoms. The average Bonchev–Trinajstić information content (AvgIpc) is 2.40. The van der Waals surface area contributed by atoms with Gasteiger partial charge < -0.3 is 10.1 Å². The summed E-state index contributed by atoms with van der Waals surface area (Å²) in [4.78, 5) is 11.7. The molecule has 74 valence electrons. The predicted octanol–water partition coefficient (Wildman–Crippen LogP) is 2.08. The van der Waals surface area contributed by atoms with Crippen molar-refractivity contribution >= 4 is 11.5 Å². The second-order valence-electron chi connectivity index (χ2n) is 3.37. The Labute approximate surface area is 83.1 Å². The first kappa shape index (κ1) is 9.06. The molecule has 1 heterocycles. The minimum atomic E-state index is 0.198. The van der Waals surface area contributed by atoms with Crippen LogP contribution < -0.4 is 10.1 Å². The van der Waals surface area contributed by atoms with Crippen LogP contribution in [0.4, 0.5) is 5.69 Å². The van der Waals surface area contributed by atoms with E-state index >= 15 is 0 Å². The molecule has 3 heteroatoms. The van der Waals surface area contributed by atoms with Gasteiger partial charge in [-0.3, -0.25) is 4.79 Å². The molecule has 0 aromatic heterocycles. The Bertz CT molecular complexity index is 360. The number of ether oxygens (including phenoxy) is 1. The van der Waals surface area contributed by atoms with Crippen molar-refractivity contribution in [2.45, 2.75) is 12.8 Å². The van der Waals surface area contributed by atoms with Gasteiger partial charge in [-0.1, -0.05) is 0 Å². The third-order valence-corrected chi connectivity index (χ3v) is 2.42. The maximum Gasteiger partial charge on any atom is 0.165 e. The minimum Gasteiger partial charge on any atom is -0.497 e. The van der Waals surface area contributed by atoms with Crippen LogP contribution >= 0.6 is 0 Å². The van der Waals surface area contributed by atoms with Crippen molar-refractivity contribution in [2.24, 2.45) is 0 Å². The van der Waals surface area contributed by atoms with Crippen molar-refractivity contribution in [2.75, 3.05) is 19.0 Å². The van der Waals surface area contributed by atoms with Gasteiger partial charge in [0.25, 0.3) is 0 Å². The third-order valence-electron chi connectivity index (χ3n) is 2.42. The molecule has 0 unspecified atom stereocenters. The Morgan fingerprint density at radius 1 is 1.43 bits per heavy atom. The highest BCUT2D eigenvalue weighted by Crippen LogP contribution is 2.25. The molecule has 0 spiro atoms. The number of hydrogen-bond donors (Lipinski definition) is 1. The van der Waals surface area contributed by atoms with Crippen LogP contribution in [-0.4, -0.2) is 19.4 Å². The first-order chi connectivity index (χ1) is 6.81. The molecular weight excluding hydrogens is 178 g/mol. The normalized spacial score (nSPS) is 15.4. The molecule has 1 aliphatic rings. The van der Waals surface area contributed by atoms with Crippen molar-refractivity contribution < 1.29 is 9.53 Å². The zero-order valence-corrected chi connectivity index (χ0v) is 8.17. The summed E-state index contributed by atoms with van der Waals surface area (Å²) >= 11 is 0. The molecule has 1 aromatic carbocycles. The molecule has 0 fully saturated rings. The van der Waals surface area contributed by atoms with E-state index in [0.29, 0.717) is 6.42 Å². The van der Waals surface area contributed by atoms with E-state index in [1.165, 1.54) is 0 Å². The topological polar surface area (TPSA) is 38.3 Å². The molecule has 0 bridgehead atoms. The Hall–Kier alpha value is -1.51. The molecule has 0 amide bonds. The Morgan fingerprint density at radius 3 is 3.07 bits per heavy atom. The van der Waals surface area contributed by atoms with E-state index in [1.54, 1.807) is 13.2 Å². The fourth-order valence-electron chi connectivity index (χ4n) is 1.64. The molecule has 2 rings (SSSR count).